The van der Waals surface area contributed by atoms with E-state index < -0.39 is 29.7 Å². The van der Waals surface area contributed by atoms with Crippen LogP contribution < -0.4 is 56.7 Å². The maximum atomic E-state index is 12.1. The van der Waals surface area contributed by atoms with E-state index in [9.17, 15) is 19.2 Å². The summed E-state index contributed by atoms with van der Waals surface area (Å²) in [6.45, 7) is 15.0. The van der Waals surface area contributed by atoms with Crippen molar-refractivity contribution < 1.29 is 70.6 Å². The molecular formula is C18H27KN2O4. The number of likely N-dealkylation sites (tertiary alicyclic amines) is 1. The summed E-state index contributed by atoms with van der Waals surface area (Å²) in [6.07, 6.45) is 2.99. The number of hydrogen-bond donors (Lipinski definition) is 1. The van der Waals surface area contributed by atoms with Crippen LogP contribution >= 0.6 is 0 Å². The standard InChI is InChI=1S/C13H12N2O4.2C2H6.CH3.K/c1-3-4-8-7(2)12(18)15(13(8)19)9-5-6-10(16)14-11(9)17;2*1-2;;/h3-4,9H,1-2,5-6H2,(H,14,16,17);2*1-2H3;1H3;/q;;;-1;+1/b8-4+;;;;. The Morgan fingerprint density at radius 1 is 1.08 bits per heavy atom. The van der Waals surface area contributed by atoms with Gasteiger partial charge in [0.2, 0.25) is 11.8 Å². The Morgan fingerprint density at radius 2 is 1.60 bits per heavy atom. The molecule has 0 aromatic carbocycles. The van der Waals surface area contributed by atoms with Crippen LogP contribution in [0.25, 0.3) is 0 Å². The topological polar surface area (TPSA) is 83.6 Å². The molecule has 2 aliphatic rings. The second-order valence-corrected chi connectivity index (χ2v) is 4.24. The Kier molecular flexibility index (Phi) is 16.6. The maximum Gasteiger partial charge on any atom is 1.00 e. The molecule has 4 amide bonds. The molecule has 0 aromatic rings. The number of rotatable bonds is 2. The number of carbonyl (C=O) groups excluding carboxylic acids is 4. The Bertz CT molecular complexity index is 567. The normalized spacial score (nSPS) is 20.3. The average molecular weight is 375 g/mol. The van der Waals surface area contributed by atoms with Gasteiger partial charge in [0.1, 0.15) is 6.04 Å². The van der Waals surface area contributed by atoms with Crippen LogP contribution in [0.1, 0.15) is 40.5 Å². The van der Waals surface area contributed by atoms with Crippen molar-refractivity contribution >= 4 is 23.6 Å². The van der Waals surface area contributed by atoms with E-state index in [0.29, 0.717) is 0 Å². The van der Waals surface area contributed by atoms with Crippen LogP contribution in [0, 0.1) is 7.43 Å². The molecule has 2 rings (SSSR count). The number of imide groups is 2. The summed E-state index contributed by atoms with van der Waals surface area (Å²) in [5.74, 6) is -2.22. The summed E-state index contributed by atoms with van der Waals surface area (Å²) in [4.78, 5) is 47.7. The monoisotopic (exact) mass is 374 g/mol. The minimum Gasteiger partial charge on any atom is -0.358 e. The maximum absolute atomic E-state index is 12.1. The average Bonchev–Trinajstić information content (AvgIpc) is 2.76. The minimum atomic E-state index is -0.954. The smallest absolute Gasteiger partial charge is 0.358 e. The first-order valence-electron chi connectivity index (χ1n) is 7.71. The van der Waals surface area contributed by atoms with Gasteiger partial charge in [-0.05, 0) is 12.5 Å². The number of allylic oxidation sites excluding steroid dienone is 2. The SMILES string of the molecule is C=C/C=C1\C(=C)C(=O)N(C2CCC(=O)NC2=O)C1=O.CC.CC.[CH3-].[K+]. The molecule has 1 atom stereocenters. The molecule has 6 nitrogen and oxygen atoms in total. The van der Waals surface area contributed by atoms with Crippen molar-refractivity contribution in [1.82, 2.24) is 10.2 Å². The fourth-order valence-electron chi connectivity index (χ4n) is 2.11. The first kappa shape index (κ1) is 28.9. The Balaban J connectivity index is -0.000000752. The van der Waals surface area contributed by atoms with Crippen LogP contribution in [0.15, 0.2) is 36.5 Å². The third-order valence-electron chi connectivity index (χ3n) is 3.06. The van der Waals surface area contributed by atoms with Gasteiger partial charge in [-0.15, -0.1) is 0 Å². The number of amides is 4. The summed E-state index contributed by atoms with van der Waals surface area (Å²) >= 11 is 0. The van der Waals surface area contributed by atoms with Crippen LogP contribution in [0.5, 0.6) is 0 Å². The molecule has 2 saturated heterocycles. The van der Waals surface area contributed by atoms with Gasteiger partial charge in [-0.1, -0.05) is 46.9 Å². The fourth-order valence-corrected chi connectivity index (χ4v) is 2.11. The first-order chi connectivity index (χ1) is 11.0. The van der Waals surface area contributed by atoms with Gasteiger partial charge in [-0.3, -0.25) is 29.4 Å². The van der Waals surface area contributed by atoms with Gasteiger partial charge in [0.25, 0.3) is 11.8 Å². The van der Waals surface area contributed by atoms with Crippen molar-refractivity contribution in [1.29, 1.82) is 0 Å². The molecule has 0 bridgehead atoms. The van der Waals surface area contributed by atoms with Gasteiger partial charge < -0.3 is 7.43 Å². The number of nitrogens with one attached hydrogen (secondary N) is 1. The van der Waals surface area contributed by atoms with Crippen LogP contribution in [-0.2, 0) is 19.2 Å². The van der Waals surface area contributed by atoms with Gasteiger partial charge >= 0.3 is 51.4 Å². The second kappa shape index (κ2) is 14.3. The van der Waals surface area contributed by atoms with Crippen LogP contribution in [-0.4, -0.2) is 34.6 Å². The number of nitrogens with zero attached hydrogens (tertiary/aromatic N) is 1. The molecule has 2 heterocycles. The molecule has 2 fully saturated rings. The Hall–Kier alpha value is -0.864. The van der Waals surface area contributed by atoms with E-state index in [1.807, 2.05) is 27.7 Å². The van der Waals surface area contributed by atoms with Gasteiger partial charge in [0.05, 0.1) is 5.57 Å². The summed E-state index contributed by atoms with van der Waals surface area (Å²) in [5.41, 5.74) is 0.166. The summed E-state index contributed by atoms with van der Waals surface area (Å²) in [5, 5.41) is 2.12. The predicted molar refractivity (Wildman–Crippen MR) is 94.6 cm³/mol. The summed E-state index contributed by atoms with van der Waals surface area (Å²) in [6, 6.07) is -0.954. The van der Waals surface area contributed by atoms with Crippen LogP contribution in [0.2, 0.25) is 0 Å². The zero-order chi connectivity index (χ0) is 18.2. The van der Waals surface area contributed by atoms with Gasteiger partial charge in [0, 0.05) is 12.0 Å². The van der Waals surface area contributed by atoms with Crippen molar-refractivity contribution in [3.63, 3.8) is 0 Å². The van der Waals surface area contributed by atoms with Crippen molar-refractivity contribution in [2.24, 2.45) is 0 Å². The summed E-state index contributed by atoms with van der Waals surface area (Å²) in [7, 11) is 0. The van der Waals surface area contributed by atoms with E-state index in [1.165, 1.54) is 12.2 Å². The molecule has 0 saturated carbocycles. The van der Waals surface area contributed by atoms with E-state index in [1.54, 1.807) is 0 Å². The van der Waals surface area contributed by atoms with Gasteiger partial charge in [-0.25, -0.2) is 0 Å². The van der Waals surface area contributed by atoms with Crippen molar-refractivity contribution in [3.8, 4) is 0 Å². The third-order valence-corrected chi connectivity index (χ3v) is 3.06. The van der Waals surface area contributed by atoms with Gasteiger partial charge in [0.15, 0.2) is 0 Å². The zero-order valence-corrected chi connectivity index (χ0v) is 19.3. The Labute approximate surface area is 193 Å². The molecular weight excluding hydrogens is 347 g/mol. The molecule has 0 spiro atoms. The fraction of sp³-hybridized carbons (Fsp3) is 0.389. The second-order valence-electron chi connectivity index (χ2n) is 4.24. The molecule has 25 heavy (non-hydrogen) atoms. The van der Waals surface area contributed by atoms with E-state index in [4.69, 9.17) is 0 Å². The van der Waals surface area contributed by atoms with Gasteiger partial charge in [-0.2, -0.15) is 0 Å². The predicted octanol–water partition coefficient (Wildman–Crippen LogP) is -0.664. The molecule has 0 aromatic heterocycles. The Morgan fingerprint density at radius 3 is 2.04 bits per heavy atom. The number of carbonyl (C=O) groups is 4. The molecule has 134 valence electrons. The van der Waals surface area contributed by atoms with E-state index >= 15 is 0 Å². The number of piperidine rings is 1. The van der Waals surface area contributed by atoms with Crippen molar-refractivity contribution in [3.05, 3.63) is 43.9 Å². The van der Waals surface area contributed by atoms with Crippen molar-refractivity contribution in [2.45, 2.75) is 46.6 Å². The molecule has 0 radical (unpaired) electrons. The quantitative estimate of drug-likeness (QED) is 0.301. The third kappa shape index (κ3) is 6.75. The van der Waals surface area contributed by atoms with E-state index in [2.05, 4.69) is 18.5 Å². The molecule has 1 N–H and O–H groups in total. The first-order valence-corrected chi connectivity index (χ1v) is 7.71. The van der Waals surface area contributed by atoms with Crippen LogP contribution in [0.4, 0.5) is 0 Å². The van der Waals surface area contributed by atoms with Crippen LogP contribution in [0.3, 0.4) is 0 Å². The molecule has 1 unspecified atom stereocenters. The summed E-state index contributed by atoms with van der Waals surface area (Å²) < 4.78 is 0. The minimum absolute atomic E-state index is 0. The number of hydrogen-bond acceptors (Lipinski definition) is 4. The van der Waals surface area contributed by atoms with E-state index in [0.717, 1.165) is 4.90 Å². The molecule has 7 heteroatoms. The molecule has 2 aliphatic heterocycles. The zero-order valence-electron chi connectivity index (χ0n) is 16.1. The largest absolute Gasteiger partial charge is 1.00 e. The molecule has 0 aliphatic carbocycles. The van der Waals surface area contributed by atoms with E-state index in [-0.39, 0.29) is 82.8 Å². The van der Waals surface area contributed by atoms with Crippen molar-refractivity contribution in [2.75, 3.05) is 0 Å².